The Labute approximate surface area is 94.2 Å². The highest BCUT2D eigenvalue weighted by molar-refractivity contribution is 5.79. The molecule has 0 amide bonds. The molecule has 15 heavy (non-hydrogen) atoms. The summed E-state index contributed by atoms with van der Waals surface area (Å²) in [4.78, 5) is 8.91. The molecule has 1 rings (SSSR count). The van der Waals surface area contributed by atoms with E-state index in [0.717, 1.165) is 18.4 Å². The highest BCUT2D eigenvalue weighted by Gasteiger charge is 2.45. The Morgan fingerprint density at radius 1 is 1.13 bits per heavy atom. The van der Waals surface area contributed by atoms with Crippen LogP contribution in [0, 0.1) is 11.3 Å². The maximum absolute atomic E-state index is 4.75. The smallest absolute Gasteiger partial charge is 0.195 e. The minimum absolute atomic E-state index is 0.511. The summed E-state index contributed by atoms with van der Waals surface area (Å²) in [6, 6.07) is 0. The van der Waals surface area contributed by atoms with Gasteiger partial charge in [0, 0.05) is 34.7 Å². The van der Waals surface area contributed by atoms with Crippen LogP contribution in [0.15, 0.2) is 4.99 Å². The Balaban J connectivity index is 2.62. The van der Waals surface area contributed by atoms with Gasteiger partial charge in [-0.1, -0.05) is 13.8 Å². The van der Waals surface area contributed by atoms with Crippen LogP contribution in [0.3, 0.4) is 0 Å². The normalized spacial score (nSPS) is 17.5. The molecule has 0 aromatic rings. The van der Waals surface area contributed by atoms with Gasteiger partial charge in [0.25, 0.3) is 0 Å². The van der Waals surface area contributed by atoms with Crippen molar-refractivity contribution in [1.82, 2.24) is 9.80 Å². The van der Waals surface area contributed by atoms with E-state index in [4.69, 9.17) is 4.99 Å². The van der Waals surface area contributed by atoms with Crippen LogP contribution in [0.25, 0.3) is 0 Å². The number of hydrogen-bond acceptors (Lipinski definition) is 1. The fourth-order valence-corrected chi connectivity index (χ4v) is 1.99. The van der Waals surface area contributed by atoms with Crippen LogP contribution in [0.5, 0.6) is 0 Å². The predicted octanol–water partition coefficient (Wildman–Crippen LogP) is 1.90. The van der Waals surface area contributed by atoms with E-state index in [0.29, 0.717) is 5.41 Å². The molecule has 0 unspecified atom stereocenters. The molecule has 0 aliphatic heterocycles. The first kappa shape index (κ1) is 12.3. The molecule has 3 nitrogen and oxygen atoms in total. The second-order valence-corrected chi connectivity index (χ2v) is 5.42. The minimum atomic E-state index is 0.511. The van der Waals surface area contributed by atoms with Crippen LogP contribution in [-0.2, 0) is 0 Å². The lowest BCUT2D eigenvalue weighted by Crippen LogP contribution is -2.36. The topological polar surface area (TPSA) is 18.8 Å². The molecule has 1 fully saturated rings. The van der Waals surface area contributed by atoms with E-state index in [2.05, 4.69) is 23.6 Å². The fourth-order valence-electron chi connectivity index (χ4n) is 1.99. The molecular weight excluding hydrogens is 186 g/mol. The second kappa shape index (κ2) is 4.42. The molecule has 0 aromatic carbocycles. The molecule has 0 radical (unpaired) electrons. The van der Waals surface area contributed by atoms with Crippen molar-refractivity contribution in [2.75, 3.05) is 34.7 Å². The Hall–Kier alpha value is -0.730. The van der Waals surface area contributed by atoms with Crippen LogP contribution in [-0.4, -0.2) is 50.5 Å². The molecule has 3 heteroatoms. The van der Waals surface area contributed by atoms with Gasteiger partial charge in [-0.25, -0.2) is 0 Å². The zero-order valence-corrected chi connectivity index (χ0v) is 11.0. The van der Waals surface area contributed by atoms with E-state index in [1.54, 1.807) is 0 Å². The zero-order valence-electron chi connectivity index (χ0n) is 11.0. The summed E-state index contributed by atoms with van der Waals surface area (Å²) in [5.74, 6) is 1.83. The van der Waals surface area contributed by atoms with Crippen molar-refractivity contribution in [3.8, 4) is 0 Å². The van der Waals surface area contributed by atoms with Gasteiger partial charge in [-0.3, -0.25) is 4.99 Å². The molecule has 1 aliphatic rings. The first-order valence-electron chi connectivity index (χ1n) is 5.78. The summed E-state index contributed by atoms with van der Waals surface area (Å²) < 4.78 is 0. The number of guanidine groups is 1. The van der Waals surface area contributed by atoms with Crippen molar-refractivity contribution in [3.63, 3.8) is 0 Å². The Bertz CT molecular complexity index is 227. The molecule has 0 N–H and O–H groups in total. The molecule has 1 saturated carbocycles. The highest BCUT2D eigenvalue weighted by atomic mass is 15.3. The predicted molar refractivity (Wildman–Crippen MR) is 66.2 cm³/mol. The molecule has 0 bridgehead atoms. The van der Waals surface area contributed by atoms with Gasteiger partial charge >= 0.3 is 0 Å². The van der Waals surface area contributed by atoms with Crippen LogP contribution >= 0.6 is 0 Å². The van der Waals surface area contributed by atoms with E-state index in [1.807, 2.05) is 28.2 Å². The first-order valence-corrected chi connectivity index (χ1v) is 5.78. The van der Waals surface area contributed by atoms with E-state index in [-0.39, 0.29) is 0 Å². The van der Waals surface area contributed by atoms with Gasteiger partial charge in [0.05, 0.1) is 0 Å². The van der Waals surface area contributed by atoms with Gasteiger partial charge in [-0.15, -0.1) is 0 Å². The van der Waals surface area contributed by atoms with Crippen molar-refractivity contribution in [3.05, 3.63) is 0 Å². The molecule has 0 spiro atoms. The molecule has 88 valence electrons. The summed E-state index contributed by atoms with van der Waals surface area (Å²) in [7, 11) is 8.20. The van der Waals surface area contributed by atoms with Crippen molar-refractivity contribution in [2.24, 2.45) is 16.3 Å². The van der Waals surface area contributed by atoms with Crippen molar-refractivity contribution in [1.29, 1.82) is 0 Å². The third-order valence-corrected chi connectivity index (χ3v) is 3.45. The van der Waals surface area contributed by atoms with E-state index in [9.17, 15) is 0 Å². The number of nitrogens with zero attached hydrogens (tertiary/aromatic N) is 3. The molecular formula is C12H25N3. The second-order valence-electron chi connectivity index (χ2n) is 5.42. The van der Waals surface area contributed by atoms with Crippen molar-refractivity contribution < 1.29 is 0 Å². The summed E-state index contributed by atoms with van der Waals surface area (Å²) in [5, 5.41) is 0. The Morgan fingerprint density at radius 2 is 1.60 bits per heavy atom. The van der Waals surface area contributed by atoms with E-state index in [1.165, 1.54) is 12.8 Å². The summed E-state index contributed by atoms with van der Waals surface area (Å²) in [6.07, 6.45) is 2.70. The fraction of sp³-hybridized carbons (Fsp3) is 0.917. The standard InChI is InChI=1S/C12H25N3/c1-10(2)12(7-8-12)9-13-11(14(3)4)15(5)6/h10H,7-9H2,1-6H3. The first-order chi connectivity index (χ1) is 6.89. The SMILES string of the molecule is CC(C)C1(CN=C(N(C)C)N(C)C)CC1. The molecule has 0 atom stereocenters. The molecule has 0 heterocycles. The van der Waals surface area contributed by atoms with Crippen molar-refractivity contribution in [2.45, 2.75) is 26.7 Å². The van der Waals surface area contributed by atoms with Gasteiger partial charge < -0.3 is 9.80 Å². The van der Waals surface area contributed by atoms with E-state index < -0.39 is 0 Å². The quantitative estimate of drug-likeness (QED) is 0.524. The minimum Gasteiger partial charge on any atom is -0.349 e. The Kier molecular flexibility index (Phi) is 3.63. The maximum Gasteiger partial charge on any atom is 0.195 e. The molecule has 0 aromatic heterocycles. The van der Waals surface area contributed by atoms with Gasteiger partial charge in [-0.05, 0) is 24.2 Å². The van der Waals surface area contributed by atoms with E-state index >= 15 is 0 Å². The maximum atomic E-state index is 4.75. The lowest BCUT2D eigenvalue weighted by molar-refractivity contribution is 0.364. The van der Waals surface area contributed by atoms with Crippen LogP contribution in [0.2, 0.25) is 0 Å². The summed E-state index contributed by atoms with van der Waals surface area (Å²) in [6.45, 7) is 5.61. The highest BCUT2D eigenvalue weighted by Crippen LogP contribution is 2.52. The average molecular weight is 211 g/mol. The third kappa shape index (κ3) is 2.86. The average Bonchev–Trinajstić information content (AvgIpc) is 2.84. The Morgan fingerprint density at radius 3 is 1.87 bits per heavy atom. The van der Waals surface area contributed by atoms with Gasteiger partial charge in [0.2, 0.25) is 0 Å². The monoisotopic (exact) mass is 211 g/mol. The van der Waals surface area contributed by atoms with Gasteiger partial charge in [0.1, 0.15) is 0 Å². The molecule has 1 aliphatic carbocycles. The summed E-state index contributed by atoms with van der Waals surface area (Å²) in [5.41, 5.74) is 0.511. The summed E-state index contributed by atoms with van der Waals surface area (Å²) >= 11 is 0. The number of aliphatic imine (C=N–C) groups is 1. The van der Waals surface area contributed by atoms with Gasteiger partial charge in [0.15, 0.2) is 5.96 Å². The lowest BCUT2D eigenvalue weighted by atomic mass is 9.93. The molecule has 0 saturated heterocycles. The van der Waals surface area contributed by atoms with Crippen LogP contribution in [0.4, 0.5) is 0 Å². The van der Waals surface area contributed by atoms with Crippen LogP contribution < -0.4 is 0 Å². The zero-order chi connectivity index (χ0) is 11.6. The lowest BCUT2D eigenvalue weighted by Gasteiger charge is -2.24. The largest absolute Gasteiger partial charge is 0.349 e. The van der Waals surface area contributed by atoms with Gasteiger partial charge in [-0.2, -0.15) is 0 Å². The van der Waals surface area contributed by atoms with Crippen LogP contribution in [0.1, 0.15) is 26.7 Å². The van der Waals surface area contributed by atoms with Crippen molar-refractivity contribution >= 4 is 5.96 Å². The number of rotatable bonds is 3. The third-order valence-electron chi connectivity index (χ3n) is 3.45. The number of hydrogen-bond donors (Lipinski definition) is 0.